The van der Waals surface area contributed by atoms with Gasteiger partial charge >= 0.3 is 0 Å². The van der Waals surface area contributed by atoms with Gasteiger partial charge in [-0.3, -0.25) is 20.4 Å². The molecule has 0 saturated heterocycles. The molecule has 0 aliphatic rings. The van der Waals surface area contributed by atoms with E-state index in [1.165, 1.54) is 7.11 Å². The Hall–Kier alpha value is -2.54. The first-order valence-electron chi connectivity index (χ1n) is 8.05. The van der Waals surface area contributed by atoms with Gasteiger partial charge in [0.1, 0.15) is 0 Å². The average molecular weight is 362 g/mol. The second kappa shape index (κ2) is 9.68. The number of benzene rings is 1. The van der Waals surface area contributed by atoms with Crippen LogP contribution in [0.1, 0.15) is 35.7 Å². The van der Waals surface area contributed by atoms with Crippen molar-refractivity contribution >= 4 is 23.2 Å². The summed E-state index contributed by atoms with van der Waals surface area (Å²) in [6.07, 6.45) is 1.83. The number of amides is 2. The number of hydrogen-bond donors (Lipinski definition) is 2. The van der Waals surface area contributed by atoms with Crippen molar-refractivity contribution in [3.05, 3.63) is 46.2 Å². The van der Waals surface area contributed by atoms with Gasteiger partial charge in [0.25, 0.3) is 5.91 Å². The molecular weight excluding hydrogens is 340 g/mol. The molecule has 25 heavy (non-hydrogen) atoms. The molecule has 1 aromatic carbocycles. The fraction of sp³-hybridized carbons (Fsp3) is 0.333. The molecule has 6 nitrogen and oxygen atoms in total. The highest BCUT2D eigenvalue weighted by Gasteiger charge is 2.12. The summed E-state index contributed by atoms with van der Waals surface area (Å²) < 4.78 is 10.8. The van der Waals surface area contributed by atoms with Crippen molar-refractivity contribution in [1.82, 2.24) is 10.9 Å². The van der Waals surface area contributed by atoms with Crippen LogP contribution >= 0.6 is 11.3 Å². The lowest BCUT2D eigenvalue weighted by atomic mass is 10.2. The number of ether oxygens (including phenoxy) is 2. The largest absolute Gasteiger partial charge is 0.493 e. The molecule has 134 valence electrons. The summed E-state index contributed by atoms with van der Waals surface area (Å²) in [6, 6.07) is 6.87. The Kier molecular flexibility index (Phi) is 7.28. The lowest BCUT2D eigenvalue weighted by Gasteiger charge is -2.12. The highest BCUT2D eigenvalue weighted by Crippen LogP contribution is 2.28. The van der Waals surface area contributed by atoms with Gasteiger partial charge in [0.15, 0.2) is 11.5 Å². The molecule has 0 radical (unpaired) electrons. The third-order valence-corrected chi connectivity index (χ3v) is 4.16. The number of carbonyl (C=O) groups is 2. The molecule has 0 spiro atoms. The molecular formula is C18H22N2O4S. The Morgan fingerprint density at radius 2 is 2.00 bits per heavy atom. The molecule has 1 aromatic heterocycles. The minimum atomic E-state index is -0.413. The molecule has 0 atom stereocenters. The number of hydrazine groups is 1. The van der Waals surface area contributed by atoms with Crippen LogP contribution in [0.4, 0.5) is 0 Å². The van der Waals surface area contributed by atoms with Gasteiger partial charge in [0.2, 0.25) is 5.91 Å². The Bertz CT molecular complexity index is 701. The topological polar surface area (TPSA) is 76.7 Å². The third-order valence-electron chi connectivity index (χ3n) is 3.42. The molecule has 2 amide bonds. The minimum Gasteiger partial charge on any atom is -0.493 e. The molecule has 7 heteroatoms. The molecule has 2 aromatic rings. The van der Waals surface area contributed by atoms with Crippen LogP contribution in [0.2, 0.25) is 0 Å². The number of methoxy groups -OCH3 is 1. The summed E-state index contributed by atoms with van der Waals surface area (Å²) in [4.78, 5) is 24.0. The Balaban J connectivity index is 1.86. The Morgan fingerprint density at radius 3 is 2.68 bits per heavy atom. The van der Waals surface area contributed by atoms with Crippen LogP contribution in [-0.4, -0.2) is 25.5 Å². The van der Waals surface area contributed by atoms with Crippen LogP contribution in [0.25, 0.3) is 0 Å². The Labute approximate surface area is 151 Å². The van der Waals surface area contributed by atoms with Crippen LogP contribution in [0.3, 0.4) is 0 Å². The van der Waals surface area contributed by atoms with Crippen molar-refractivity contribution in [1.29, 1.82) is 0 Å². The summed E-state index contributed by atoms with van der Waals surface area (Å²) in [7, 11) is 1.52. The molecule has 0 aliphatic carbocycles. The summed E-state index contributed by atoms with van der Waals surface area (Å²) in [5, 5.41) is 3.97. The number of aryl methyl sites for hydroxylation is 1. The van der Waals surface area contributed by atoms with Crippen LogP contribution in [0, 0.1) is 0 Å². The van der Waals surface area contributed by atoms with Crippen LogP contribution in [0.15, 0.2) is 35.0 Å². The molecule has 2 rings (SSSR count). The van der Waals surface area contributed by atoms with E-state index in [-0.39, 0.29) is 5.91 Å². The molecule has 0 aliphatic heterocycles. The predicted octanol–water partition coefficient (Wildman–Crippen LogP) is 2.94. The lowest BCUT2D eigenvalue weighted by molar-refractivity contribution is -0.121. The van der Waals surface area contributed by atoms with Crippen LogP contribution in [0.5, 0.6) is 11.5 Å². The zero-order valence-corrected chi connectivity index (χ0v) is 15.2. The van der Waals surface area contributed by atoms with Gasteiger partial charge in [0, 0.05) is 12.0 Å². The summed E-state index contributed by atoms with van der Waals surface area (Å²) in [6.45, 7) is 2.58. The van der Waals surface area contributed by atoms with E-state index in [9.17, 15) is 9.59 Å². The zero-order chi connectivity index (χ0) is 18.1. The summed E-state index contributed by atoms with van der Waals surface area (Å²) >= 11 is 1.59. The number of thiophene rings is 1. The number of hydrogen-bond acceptors (Lipinski definition) is 5. The quantitative estimate of drug-likeness (QED) is 0.708. The number of carbonyl (C=O) groups excluding carboxylic acids is 2. The van der Waals surface area contributed by atoms with Crippen molar-refractivity contribution in [2.45, 2.75) is 26.2 Å². The van der Waals surface area contributed by atoms with Crippen molar-refractivity contribution in [2.24, 2.45) is 0 Å². The third kappa shape index (κ3) is 5.79. The van der Waals surface area contributed by atoms with Gasteiger partial charge in [0.05, 0.1) is 13.7 Å². The smallest absolute Gasteiger partial charge is 0.269 e. The minimum absolute atomic E-state index is 0.241. The van der Waals surface area contributed by atoms with E-state index >= 15 is 0 Å². The fourth-order valence-electron chi connectivity index (χ4n) is 2.09. The van der Waals surface area contributed by atoms with E-state index in [1.54, 1.807) is 29.5 Å². The first kappa shape index (κ1) is 18.8. The first-order valence-corrected chi connectivity index (χ1v) is 8.99. The first-order chi connectivity index (χ1) is 12.1. The van der Waals surface area contributed by atoms with Crippen molar-refractivity contribution in [2.75, 3.05) is 13.7 Å². The standard InChI is InChI=1S/C18H22N2O4S/c1-3-9-24-15-6-5-14(11-16(15)23-2)18(22)20-19-17(21)7-4-13-8-10-25-12-13/h5-6,8,10-12H,3-4,7,9H2,1-2H3,(H,19,21)(H,20,22). The van der Waals surface area contributed by atoms with E-state index in [4.69, 9.17) is 9.47 Å². The maximum atomic E-state index is 12.2. The van der Waals surface area contributed by atoms with Gasteiger partial charge in [-0.05, 0) is 53.4 Å². The van der Waals surface area contributed by atoms with Gasteiger partial charge in [-0.15, -0.1) is 0 Å². The number of nitrogens with one attached hydrogen (secondary N) is 2. The lowest BCUT2D eigenvalue weighted by Crippen LogP contribution is -2.41. The highest BCUT2D eigenvalue weighted by molar-refractivity contribution is 7.07. The van der Waals surface area contributed by atoms with Crippen molar-refractivity contribution in [3.63, 3.8) is 0 Å². The van der Waals surface area contributed by atoms with E-state index in [0.717, 1.165) is 12.0 Å². The molecule has 0 fully saturated rings. The molecule has 0 bridgehead atoms. The van der Waals surface area contributed by atoms with E-state index in [1.807, 2.05) is 23.8 Å². The molecule has 0 unspecified atom stereocenters. The SMILES string of the molecule is CCCOc1ccc(C(=O)NNC(=O)CCc2ccsc2)cc1OC. The van der Waals surface area contributed by atoms with E-state index < -0.39 is 5.91 Å². The van der Waals surface area contributed by atoms with Crippen LogP contribution in [-0.2, 0) is 11.2 Å². The second-order valence-electron chi connectivity index (χ2n) is 5.35. The van der Waals surface area contributed by atoms with Gasteiger partial charge in [-0.25, -0.2) is 0 Å². The van der Waals surface area contributed by atoms with Crippen LogP contribution < -0.4 is 20.3 Å². The van der Waals surface area contributed by atoms with Gasteiger partial charge in [-0.2, -0.15) is 11.3 Å². The van der Waals surface area contributed by atoms with E-state index in [2.05, 4.69) is 10.9 Å². The fourth-order valence-corrected chi connectivity index (χ4v) is 2.80. The molecule has 1 heterocycles. The second-order valence-corrected chi connectivity index (χ2v) is 6.13. The molecule has 0 saturated carbocycles. The Morgan fingerprint density at radius 1 is 1.16 bits per heavy atom. The van der Waals surface area contributed by atoms with Gasteiger partial charge < -0.3 is 9.47 Å². The highest BCUT2D eigenvalue weighted by atomic mass is 32.1. The normalized spacial score (nSPS) is 10.2. The maximum Gasteiger partial charge on any atom is 0.269 e. The zero-order valence-electron chi connectivity index (χ0n) is 14.3. The molecule has 2 N–H and O–H groups in total. The monoisotopic (exact) mass is 362 g/mol. The van der Waals surface area contributed by atoms with E-state index in [0.29, 0.717) is 36.5 Å². The predicted molar refractivity (Wildman–Crippen MR) is 97.0 cm³/mol. The maximum absolute atomic E-state index is 12.2. The summed E-state index contributed by atoms with van der Waals surface area (Å²) in [5.41, 5.74) is 6.32. The average Bonchev–Trinajstić information content (AvgIpc) is 3.16. The van der Waals surface area contributed by atoms with Gasteiger partial charge in [-0.1, -0.05) is 6.92 Å². The number of rotatable bonds is 8. The van der Waals surface area contributed by atoms with Crippen molar-refractivity contribution < 1.29 is 19.1 Å². The van der Waals surface area contributed by atoms with Crippen molar-refractivity contribution in [3.8, 4) is 11.5 Å². The summed E-state index contributed by atoms with van der Waals surface area (Å²) in [5.74, 6) is 0.407.